The van der Waals surface area contributed by atoms with Crippen molar-refractivity contribution in [1.29, 1.82) is 0 Å². The lowest BCUT2D eigenvalue weighted by Gasteiger charge is -2.36. The molecule has 0 saturated carbocycles. The summed E-state index contributed by atoms with van der Waals surface area (Å²) in [5.41, 5.74) is 5.52. The summed E-state index contributed by atoms with van der Waals surface area (Å²) in [6.45, 7) is 6.39. The van der Waals surface area contributed by atoms with Gasteiger partial charge in [0, 0.05) is 52.2 Å². The van der Waals surface area contributed by atoms with Crippen LogP contribution in [0.25, 0.3) is 16.7 Å². The number of aromatic nitrogens is 4. The van der Waals surface area contributed by atoms with Crippen molar-refractivity contribution in [2.24, 2.45) is 0 Å². The lowest BCUT2D eigenvalue weighted by atomic mass is 10.1. The maximum absolute atomic E-state index is 12.2. The number of carbonyl (C=O) groups is 1. The highest BCUT2D eigenvalue weighted by Crippen LogP contribution is 2.22. The van der Waals surface area contributed by atoms with E-state index < -0.39 is 0 Å². The van der Waals surface area contributed by atoms with E-state index in [4.69, 9.17) is 0 Å². The highest BCUT2D eigenvalue weighted by Gasteiger charge is 2.20. The van der Waals surface area contributed by atoms with Gasteiger partial charge in [-0.1, -0.05) is 6.07 Å². The topological polar surface area (TPSA) is 98.6 Å². The summed E-state index contributed by atoms with van der Waals surface area (Å²) in [5.74, 6) is -0.171. The molecule has 0 unspecified atom stereocenters. The smallest absolute Gasteiger partial charge is 0.292 e. The summed E-state index contributed by atoms with van der Waals surface area (Å²) in [6.07, 6.45) is 3.45. The molecule has 9 heteroatoms. The fourth-order valence-corrected chi connectivity index (χ4v) is 4.38. The maximum Gasteiger partial charge on any atom is 0.292 e. The summed E-state index contributed by atoms with van der Waals surface area (Å²) in [6, 6.07) is 9.96. The highest BCUT2D eigenvalue weighted by atomic mass is 16.1. The van der Waals surface area contributed by atoms with Gasteiger partial charge in [-0.2, -0.15) is 0 Å². The Hall–Kier alpha value is -3.72. The van der Waals surface area contributed by atoms with Crippen molar-refractivity contribution in [1.82, 2.24) is 29.6 Å². The largest absolute Gasteiger partial charge is 0.368 e. The third kappa shape index (κ3) is 3.60. The minimum Gasteiger partial charge on any atom is -0.368 e. The first-order chi connectivity index (χ1) is 15.5. The van der Waals surface area contributed by atoms with Crippen LogP contribution in [0.4, 0.5) is 5.69 Å². The number of aryl methyl sites for hydroxylation is 1. The van der Waals surface area contributed by atoms with Gasteiger partial charge in [-0.15, -0.1) is 0 Å². The van der Waals surface area contributed by atoms with Crippen LogP contribution >= 0.6 is 0 Å². The summed E-state index contributed by atoms with van der Waals surface area (Å²) in [4.78, 5) is 40.3. The number of piperazine rings is 1. The van der Waals surface area contributed by atoms with Crippen LogP contribution < -0.4 is 15.8 Å². The van der Waals surface area contributed by atoms with Crippen LogP contribution in [0.5, 0.6) is 0 Å². The molecule has 1 aromatic carbocycles. The molecule has 0 aliphatic carbocycles. The summed E-state index contributed by atoms with van der Waals surface area (Å²) < 4.78 is 1.82. The predicted octanol–water partition coefficient (Wildman–Crippen LogP) is 1.56. The molecule has 0 bridgehead atoms. The molecule has 1 fully saturated rings. The average Bonchev–Trinajstić information content (AvgIpc) is 3.30. The Kier molecular flexibility index (Phi) is 5.10. The van der Waals surface area contributed by atoms with Crippen molar-refractivity contribution in [3.05, 3.63) is 70.0 Å². The summed E-state index contributed by atoms with van der Waals surface area (Å²) in [7, 11) is 1.61. The number of H-pyrrole nitrogens is 1. The Bertz CT molecular complexity index is 1370. The molecule has 1 aliphatic heterocycles. The number of rotatable bonds is 4. The van der Waals surface area contributed by atoms with Crippen LogP contribution in [0.1, 0.15) is 21.7 Å². The normalized spacial score (nSPS) is 14.9. The van der Waals surface area contributed by atoms with Crippen LogP contribution in [0.15, 0.2) is 47.5 Å². The average molecular weight is 432 g/mol. The fraction of sp³-hybridized carbons (Fsp3) is 0.304. The van der Waals surface area contributed by atoms with Gasteiger partial charge in [0.1, 0.15) is 5.69 Å². The Morgan fingerprint density at radius 2 is 1.97 bits per heavy atom. The number of hydrogen-bond acceptors (Lipinski definition) is 6. The minimum atomic E-state index is -0.181. The van der Waals surface area contributed by atoms with E-state index in [0.717, 1.165) is 60.7 Å². The molecule has 3 aromatic heterocycles. The van der Waals surface area contributed by atoms with E-state index >= 15 is 0 Å². The Morgan fingerprint density at radius 1 is 1.16 bits per heavy atom. The zero-order valence-electron chi connectivity index (χ0n) is 18.1. The number of amides is 1. The number of nitrogens with zero attached hydrogens (tertiary/aromatic N) is 5. The zero-order chi connectivity index (χ0) is 22.2. The fourth-order valence-electron chi connectivity index (χ4n) is 4.38. The Morgan fingerprint density at radius 3 is 2.72 bits per heavy atom. The second-order valence-corrected chi connectivity index (χ2v) is 8.07. The van der Waals surface area contributed by atoms with Crippen molar-refractivity contribution in [2.75, 3.05) is 38.1 Å². The first kappa shape index (κ1) is 20.2. The minimum absolute atomic E-state index is 0.171. The molecule has 32 heavy (non-hydrogen) atoms. The highest BCUT2D eigenvalue weighted by molar-refractivity contribution is 5.92. The van der Waals surface area contributed by atoms with Crippen LogP contribution in [0, 0.1) is 6.92 Å². The number of benzene rings is 1. The second kappa shape index (κ2) is 8.08. The second-order valence-electron chi connectivity index (χ2n) is 8.07. The summed E-state index contributed by atoms with van der Waals surface area (Å²) in [5, 5.41) is 2.61. The molecule has 2 N–H and O–H groups in total. The van der Waals surface area contributed by atoms with Gasteiger partial charge in [-0.3, -0.25) is 18.9 Å². The van der Waals surface area contributed by atoms with Gasteiger partial charge in [0.25, 0.3) is 11.5 Å². The monoisotopic (exact) mass is 431 g/mol. The molecule has 1 amide bonds. The van der Waals surface area contributed by atoms with Gasteiger partial charge in [0.15, 0.2) is 0 Å². The van der Waals surface area contributed by atoms with Gasteiger partial charge in [0.05, 0.1) is 22.4 Å². The van der Waals surface area contributed by atoms with E-state index in [0.29, 0.717) is 11.3 Å². The molecule has 0 radical (unpaired) electrons. The van der Waals surface area contributed by atoms with Gasteiger partial charge in [-0.05, 0) is 36.8 Å². The van der Waals surface area contributed by atoms with E-state index in [1.165, 1.54) is 0 Å². The van der Waals surface area contributed by atoms with Crippen LogP contribution in [-0.2, 0) is 6.54 Å². The molecule has 4 aromatic rings. The molecule has 0 spiro atoms. The van der Waals surface area contributed by atoms with E-state index in [1.54, 1.807) is 19.3 Å². The molecule has 4 heterocycles. The Labute approximate surface area is 184 Å². The molecular weight excluding hydrogens is 406 g/mol. The third-order valence-corrected chi connectivity index (χ3v) is 6.05. The van der Waals surface area contributed by atoms with Crippen molar-refractivity contribution in [2.45, 2.75) is 13.5 Å². The molecule has 5 rings (SSSR count). The van der Waals surface area contributed by atoms with Crippen molar-refractivity contribution in [3.63, 3.8) is 0 Å². The van der Waals surface area contributed by atoms with Crippen LogP contribution in [0.3, 0.4) is 0 Å². The number of carbonyl (C=O) groups excluding carboxylic acids is 1. The molecule has 9 nitrogen and oxygen atoms in total. The summed E-state index contributed by atoms with van der Waals surface area (Å²) >= 11 is 0. The van der Waals surface area contributed by atoms with Crippen molar-refractivity contribution < 1.29 is 4.79 Å². The first-order valence-corrected chi connectivity index (χ1v) is 10.7. The molecular formula is C23H25N7O2. The van der Waals surface area contributed by atoms with Crippen LogP contribution in [0.2, 0.25) is 0 Å². The van der Waals surface area contributed by atoms with Crippen molar-refractivity contribution >= 4 is 28.3 Å². The van der Waals surface area contributed by atoms with Crippen molar-refractivity contribution in [3.8, 4) is 0 Å². The number of hydrogen-bond donors (Lipinski definition) is 2. The number of pyridine rings is 1. The number of fused-ring (bicyclic) bond motifs is 3. The van der Waals surface area contributed by atoms with E-state index in [-0.39, 0.29) is 11.5 Å². The SMILES string of the molecule is CNC(=O)c1ccc(N2CCN(Cc3ccc4c(c3)[nH]c(=O)c3nccn34)CC2)c(C)n1. The van der Waals surface area contributed by atoms with E-state index in [9.17, 15) is 9.59 Å². The van der Waals surface area contributed by atoms with Gasteiger partial charge in [0.2, 0.25) is 5.65 Å². The molecule has 164 valence electrons. The van der Waals surface area contributed by atoms with Crippen LogP contribution in [-0.4, -0.2) is 63.4 Å². The van der Waals surface area contributed by atoms with Gasteiger partial charge >= 0.3 is 0 Å². The first-order valence-electron chi connectivity index (χ1n) is 10.7. The number of imidazole rings is 1. The molecule has 1 aliphatic rings. The third-order valence-electron chi connectivity index (χ3n) is 6.05. The van der Waals surface area contributed by atoms with Gasteiger partial charge < -0.3 is 15.2 Å². The maximum atomic E-state index is 12.2. The number of aromatic amines is 1. The molecule has 0 atom stereocenters. The van der Waals surface area contributed by atoms with E-state index in [1.807, 2.05) is 35.7 Å². The lowest BCUT2D eigenvalue weighted by molar-refractivity contribution is 0.0958. The predicted molar refractivity (Wildman–Crippen MR) is 123 cm³/mol. The number of anilines is 1. The quantitative estimate of drug-likeness (QED) is 0.509. The lowest BCUT2D eigenvalue weighted by Crippen LogP contribution is -2.46. The number of nitrogens with one attached hydrogen (secondary N) is 2. The van der Waals surface area contributed by atoms with Gasteiger partial charge in [-0.25, -0.2) is 9.97 Å². The zero-order valence-corrected chi connectivity index (χ0v) is 18.1. The standard InChI is InChI=1S/C23H25N7O2/c1-15-19(6-4-17(26-15)22(31)24-2)29-11-9-28(10-12-29)14-16-3-5-20-18(13-16)27-23(32)21-25-7-8-30(20)21/h3-8,13H,9-12,14H2,1-2H3,(H,24,31)(H,27,32). The van der Waals surface area contributed by atoms with E-state index in [2.05, 4.69) is 36.1 Å². The molecule has 1 saturated heterocycles. The Balaban J connectivity index is 1.28.